The summed E-state index contributed by atoms with van der Waals surface area (Å²) < 4.78 is 40.1. The van der Waals surface area contributed by atoms with E-state index in [1.807, 2.05) is 35.8 Å². The third kappa shape index (κ3) is 4.10. The Labute approximate surface area is 128 Å². The molecule has 0 unspecified atom stereocenters. The van der Waals surface area contributed by atoms with Crippen molar-refractivity contribution in [2.24, 2.45) is 0 Å². The number of hydrogen-bond acceptors (Lipinski definition) is 4. The molecule has 0 radical (unpaired) electrons. The van der Waals surface area contributed by atoms with Crippen molar-refractivity contribution in [3.05, 3.63) is 52.5 Å². The molecule has 21 heavy (non-hydrogen) atoms. The lowest BCUT2D eigenvalue weighted by Crippen LogP contribution is -2.34. The van der Waals surface area contributed by atoms with Crippen molar-refractivity contribution in [1.29, 1.82) is 0 Å². The summed E-state index contributed by atoms with van der Waals surface area (Å²) in [5, 5.41) is 3.94. The van der Waals surface area contributed by atoms with Gasteiger partial charge in [-0.1, -0.05) is 6.07 Å². The molecule has 0 fully saturated rings. The van der Waals surface area contributed by atoms with E-state index in [9.17, 15) is 12.8 Å². The highest BCUT2D eigenvalue weighted by molar-refractivity contribution is 7.89. The predicted molar refractivity (Wildman–Crippen MR) is 82.3 cm³/mol. The molecule has 1 aromatic heterocycles. The molecule has 0 amide bonds. The van der Waals surface area contributed by atoms with Gasteiger partial charge in [-0.05, 0) is 54.7 Å². The van der Waals surface area contributed by atoms with E-state index in [2.05, 4.69) is 4.72 Å². The Hall–Kier alpha value is -1.28. The molecule has 2 rings (SSSR count). The van der Waals surface area contributed by atoms with Crippen LogP contribution in [-0.2, 0) is 10.0 Å². The Morgan fingerprint density at radius 1 is 1.33 bits per heavy atom. The van der Waals surface area contributed by atoms with E-state index in [0.29, 0.717) is 0 Å². The summed E-state index contributed by atoms with van der Waals surface area (Å²) in [5.41, 5.74) is 1.05. The lowest BCUT2D eigenvalue weighted by Gasteiger charge is -2.24. The lowest BCUT2D eigenvalue weighted by atomic mass is 10.1. The second-order valence-corrected chi connectivity index (χ2v) is 7.39. The van der Waals surface area contributed by atoms with Gasteiger partial charge in [0.2, 0.25) is 10.0 Å². The third-order valence-electron chi connectivity index (χ3n) is 3.12. The first-order chi connectivity index (χ1) is 9.90. The molecule has 1 aromatic carbocycles. The maximum atomic E-state index is 13.1. The van der Waals surface area contributed by atoms with Crippen LogP contribution in [0.1, 0.15) is 11.6 Å². The van der Waals surface area contributed by atoms with E-state index >= 15 is 0 Å². The first-order valence-corrected chi connectivity index (χ1v) is 8.76. The summed E-state index contributed by atoms with van der Waals surface area (Å²) in [4.78, 5) is 1.88. The van der Waals surface area contributed by atoms with E-state index in [4.69, 9.17) is 0 Å². The topological polar surface area (TPSA) is 49.4 Å². The van der Waals surface area contributed by atoms with Gasteiger partial charge in [-0.3, -0.25) is 0 Å². The van der Waals surface area contributed by atoms with Gasteiger partial charge >= 0.3 is 0 Å². The summed E-state index contributed by atoms with van der Waals surface area (Å²) >= 11 is 1.56. The van der Waals surface area contributed by atoms with E-state index in [0.717, 1.165) is 11.6 Å². The molecule has 1 N–H and O–H groups in total. The van der Waals surface area contributed by atoms with Gasteiger partial charge in [-0.25, -0.2) is 17.5 Å². The van der Waals surface area contributed by atoms with E-state index in [1.165, 1.54) is 18.2 Å². The second kappa shape index (κ2) is 6.65. The largest absolute Gasteiger partial charge is 0.301 e. The summed E-state index contributed by atoms with van der Waals surface area (Å²) in [7, 11) is 0.0597. The van der Waals surface area contributed by atoms with Crippen LogP contribution in [0.5, 0.6) is 0 Å². The fourth-order valence-electron chi connectivity index (χ4n) is 1.97. The number of nitrogens with zero attached hydrogens (tertiary/aromatic N) is 1. The van der Waals surface area contributed by atoms with Gasteiger partial charge in [0.25, 0.3) is 0 Å². The zero-order valence-corrected chi connectivity index (χ0v) is 13.4. The first kappa shape index (κ1) is 16.1. The Bertz CT molecular complexity index is 685. The van der Waals surface area contributed by atoms with Crippen LogP contribution >= 0.6 is 11.3 Å². The fraction of sp³-hybridized carbons (Fsp3) is 0.286. The van der Waals surface area contributed by atoms with Crippen LogP contribution in [0.2, 0.25) is 0 Å². The van der Waals surface area contributed by atoms with Crippen molar-refractivity contribution in [2.45, 2.75) is 10.9 Å². The van der Waals surface area contributed by atoms with Gasteiger partial charge in [-0.2, -0.15) is 11.3 Å². The van der Waals surface area contributed by atoms with Gasteiger partial charge < -0.3 is 4.90 Å². The van der Waals surface area contributed by atoms with Gasteiger partial charge in [0.15, 0.2) is 0 Å². The van der Waals surface area contributed by atoms with E-state index in [1.54, 1.807) is 11.3 Å². The molecule has 7 heteroatoms. The molecule has 0 saturated heterocycles. The number of halogens is 1. The molecular formula is C14H17FN2O2S2. The molecule has 0 bridgehead atoms. The standard InChI is InChI=1S/C14H17FN2O2S2/c1-17(2)14(11-6-7-20-10-11)9-16-21(18,19)13-5-3-4-12(15)8-13/h3-8,10,14,16H,9H2,1-2H3/t14-/m1/s1. The smallest absolute Gasteiger partial charge is 0.240 e. The van der Waals surface area contributed by atoms with Crippen LogP contribution in [0.15, 0.2) is 46.0 Å². The SMILES string of the molecule is CN(C)[C@H](CNS(=O)(=O)c1cccc(F)c1)c1ccsc1. The molecule has 1 atom stereocenters. The number of likely N-dealkylation sites (N-methyl/N-ethyl adjacent to an activating group) is 1. The highest BCUT2D eigenvalue weighted by Gasteiger charge is 2.20. The molecule has 0 spiro atoms. The van der Waals surface area contributed by atoms with Crippen molar-refractivity contribution in [3.63, 3.8) is 0 Å². The second-order valence-electron chi connectivity index (χ2n) is 4.85. The first-order valence-electron chi connectivity index (χ1n) is 6.34. The summed E-state index contributed by atoms with van der Waals surface area (Å²) in [6.45, 7) is 0.225. The van der Waals surface area contributed by atoms with Crippen LogP contribution in [0.4, 0.5) is 4.39 Å². The average Bonchev–Trinajstić information content (AvgIpc) is 2.92. The van der Waals surface area contributed by atoms with Gasteiger partial charge in [0.1, 0.15) is 5.82 Å². The van der Waals surface area contributed by atoms with E-state index < -0.39 is 15.8 Å². The highest BCUT2D eigenvalue weighted by atomic mass is 32.2. The molecule has 2 aromatic rings. The Morgan fingerprint density at radius 3 is 2.67 bits per heavy atom. The minimum absolute atomic E-state index is 0.0645. The number of sulfonamides is 1. The van der Waals surface area contributed by atoms with Crippen molar-refractivity contribution in [2.75, 3.05) is 20.6 Å². The van der Waals surface area contributed by atoms with Crippen molar-refractivity contribution < 1.29 is 12.8 Å². The van der Waals surface area contributed by atoms with Crippen molar-refractivity contribution in [1.82, 2.24) is 9.62 Å². The molecule has 114 valence electrons. The zero-order chi connectivity index (χ0) is 15.5. The predicted octanol–water partition coefficient (Wildman–Crippen LogP) is 2.47. The molecule has 1 heterocycles. The van der Waals surface area contributed by atoms with Crippen molar-refractivity contribution in [3.8, 4) is 0 Å². The zero-order valence-electron chi connectivity index (χ0n) is 11.8. The number of rotatable bonds is 6. The molecular weight excluding hydrogens is 311 g/mol. The van der Waals surface area contributed by atoms with Crippen LogP contribution in [0, 0.1) is 5.82 Å². The number of hydrogen-bond donors (Lipinski definition) is 1. The molecule has 0 saturated carbocycles. The minimum atomic E-state index is -3.72. The summed E-state index contributed by atoms with van der Waals surface area (Å²) in [6, 6.07) is 6.88. The van der Waals surface area contributed by atoms with Gasteiger partial charge in [-0.15, -0.1) is 0 Å². The van der Waals surface area contributed by atoms with Crippen LogP contribution in [0.25, 0.3) is 0 Å². The number of nitrogens with one attached hydrogen (secondary N) is 1. The maximum absolute atomic E-state index is 13.1. The third-order valence-corrected chi connectivity index (χ3v) is 5.25. The van der Waals surface area contributed by atoms with E-state index in [-0.39, 0.29) is 17.5 Å². The summed E-state index contributed by atoms with van der Waals surface area (Å²) in [6.07, 6.45) is 0. The van der Waals surface area contributed by atoms with Crippen LogP contribution in [-0.4, -0.2) is 34.0 Å². The number of thiophene rings is 1. The van der Waals surface area contributed by atoms with Gasteiger partial charge in [0.05, 0.1) is 4.90 Å². The Balaban J connectivity index is 2.13. The lowest BCUT2D eigenvalue weighted by molar-refractivity contribution is 0.300. The quantitative estimate of drug-likeness (QED) is 0.886. The maximum Gasteiger partial charge on any atom is 0.240 e. The Kier molecular flexibility index (Phi) is 5.10. The van der Waals surface area contributed by atoms with Gasteiger partial charge in [0, 0.05) is 12.6 Å². The molecule has 4 nitrogen and oxygen atoms in total. The highest BCUT2D eigenvalue weighted by Crippen LogP contribution is 2.21. The molecule has 0 aliphatic carbocycles. The number of benzene rings is 1. The minimum Gasteiger partial charge on any atom is -0.301 e. The monoisotopic (exact) mass is 328 g/mol. The molecule has 0 aliphatic rings. The van der Waals surface area contributed by atoms with Crippen molar-refractivity contribution >= 4 is 21.4 Å². The fourth-order valence-corrected chi connectivity index (χ4v) is 3.75. The molecule has 0 aliphatic heterocycles. The summed E-state index contributed by atoms with van der Waals surface area (Å²) in [5.74, 6) is -0.570. The Morgan fingerprint density at radius 2 is 2.10 bits per heavy atom. The average molecular weight is 328 g/mol. The van der Waals surface area contributed by atoms with Crippen LogP contribution in [0.3, 0.4) is 0 Å². The normalized spacial score (nSPS) is 13.5. The van der Waals surface area contributed by atoms with Crippen LogP contribution < -0.4 is 4.72 Å².